The summed E-state index contributed by atoms with van der Waals surface area (Å²) in [5.74, 6) is -1.41. The van der Waals surface area contributed by atoms with Gasteiger partial charge in [0.15, 0.2) is 0 Å². The summed E-state index contributed by atoms with van der Waals surface area (Å²) >= 11 is 1.05. The third-order valence-corrected chi connectivity index (χ3v) is 4.32. The van der Waals surface area contributed by atoms with Gasteiger partial charge in [-0.25, -0.2) is 4.39 Å². The second-order valence-electron chi connectivity index (χ2n) is 5.28. The van der Waals surface area contributed by atoms with E-state index in [1.165, 1.54) is 30.3 Å². The van der Waals surface area contributed by atoms with E-state index in [1.54, 1.807) is 19.1 Å². The van der Waals surface area contributed by atoms with Crippen LogP contribution in [0.1, 0.15) is 5.56 Å². The number of halogens is 1. The van der Waals surface area contributed by atoms with E-state index in [-0.39, 0.29) is 22.9 Å². The van der Waals surface area contributed by atoms with Gasteiger partial charge in [0.2, 0.25) is 11.8 Å². The van der Waals surface area contributed by atoms with Crippen LogP contribution in [0.25, 0.3) is 0 Å². The zero-order valence-corrected chi connectivity index (χ0v) is 14.6. The van der Waals surface area contributed by atoms with Crippen LogP contribution in [0.4, 0.5) is 21.5 Å². The number of thioether (sulfide) groups is 1. The molecule has 2 aromatic carbocycles. The van der Waals surface area contributed by atoms with Gasteiger partial charge in [0.25, 0.3) is 5.69 Å². The monoisotopic (exact) mass is 377 g/mol. The van der Waals surface area contributed by atoms with E-state index in [0.29, 0.717) is 11.3 Å². The summed E-state index contributed by atoms with van der Waals surface area (Å²) in [7, 11) is 0. The smallest absolute Gasteiger partial charge is 0.274 e. The van der Waals surface area contributed by atoms with Gasteiger partial charge in [0, 0.05) is 6.07 Å². The Morgan fingerprint density at radius 3 is 2.23 bits per heavy atom. The van der Waals surface area contributed by atoms with Crippen LogP contribution < -0.4 is 10.6 Å². The normalized spacial score (nSPS) is 10.2. The van der Waals surface area contributed by atoms with Crippen molar-refractivity contribution < 1.29 is 18.9 Å². The molecule has 2 aromatic rings. The minimum Gasteiger partial charge on any atom is -0.325 e. The number of carbonyl (C=O) groups is 2. The van der Waals surface area contributed by atoms with Crippen LogP contribution in [-0.2, 0) is 9.59 Å². The Morgan fingerprint density at radius 2 is 1.62 bits per heavy atom. The molecule has 2 N–H and O–H groups in total. The lowest BCUT2D eigenvalue weighted by molar-refractivity contribution is -0.385. The second-order valence-corrected chi connectivity index (χ2v) is 6.26. The number of para-hydroxylation sites is 1. The lowest BCUT2D eigenvalue weighted by atomic mass is 10.1. The van der Waals surface area contributed by atoms with Crippen LogP contribution in [-0.4, -0.2) is 28.2 Å². The number of hydrogen-bond acceptors (Lipinski definition) is 5. The molecule has 0 aliphatic rings. The van der Waals surface area contributed by atoms with E-state index < -0.39 is 22.6 Å². The highest BCUT2D eigenvalue weighted by Crippen LogP contribution is 2.25. The maximum atomic E-state index is 13.4. The van der Waals surface area contributed by atoms with Crippen molar-refractivity contribution in [3.05, 3.63) is 64.0 Å². The van der Waals surface area contributed by atoms with Gasteiger partial charge in [-0.2, -0.15) is 0 Å². The molecule has 0 fully saturated rings. The Morgan fingerprint density at radius 1 is 1.04 bits per heavy atom. The van der Waals surface area contributed by atoms with Crippen molar-refractivity contribution in [3.63, 3.8) is 0 Å². The predicted octanol–water partition coefficient (Wildman–Crippen LogP) is 3.35. The number of nitrogens with one attached hydrogen (secondary N) is 2. The number of nitro benzene ring substituents is 1. The van der Waals surface area contributed by atoms with Crippen LogP contribution in [0.5, 0.6) is 0 Å². The molecule has 7 nitrogen and oxygen atoms in total. The number of anilines is 2. The average Bonchev–Trinajstić information content (AvgIpc) is 2.58. The van der Waals surface area contributed by atoms with Crippen molar-refractivity contribution in [2.75, 3.05) is 22.1 Å². The first-order chi connectivity index (χ1) is 12.4. The van der Waals surface area contributed by atoms with Crippen molar-refractivity contribution in [1.29, 1.82) is 0 Å². The first-order valence-corrected chi connectivity index (χ1v) is 8.70. The molecule has 0 heterocycles. The minimum absolute atomic E-state index is 0.0210. The fourth-order valence-corrected chi connectivity index (χ4v) is 2.75. The van der Waals surface area contributed by atoms with Gasteiger partial charge in [-0.3, -0.25) is 19.7 Å². The van der Waals surface area contributed by atoms with Gasteiger partial charge < -0.3 is 10.6 Å². The van der Waals surface area contributed by atoms with Crippen molar-refractivity contribution in [2.24, 2.45) is 0 Å². The third kappa shape index (κ3) is 5.28. The van der Waals surface area contributed by atoms with Gasteiger partial charge in [-0.1, -0.05) is 18.2 Å². The lowest BCUT2D eigenvalue weighted by Crippen LogP contribution is -2.19. The number of amides is 2. The van der Waals surface area contributed by atoms with Gasteiger partial charge >= 0.3 is 0 Å². The number of nitrogens with zero attached hydrogens (tertiary/aromatic N) is 1. The molecule has 0 bridgehead atoms. The summed E-state index contributed by atoms with van der Waals surface area (Å²) in [4.78, 5) is 34.1. The molecule has 0 saturated carbocycles. The molecule has 0 atom stereocenters. The van der Waals surface area contributed by atoms with Crippen LogP contribution in [0.2, 0.25) is 0 Å². The first-order valence-electron chi connectivity index (χ1n) is 7.54. The Bertz CT molecular complexity index is 845. The molecule has 26 heavy (non-hydrogen) atoms. The van der Waals surface area contributed by atoms with Crippen molar-refractivity contribution >= 4 is 40.6 Å². The standard InChI is InChI=1S/C17H16FN3O4S/c1-11-13(7-4-8-15(11)21(24)25)19-16(22)9-26-10-17(23)20-14-6-3-2-5-12(14)18/h2-8H,9-10H2,1H3,(H,19,22)(H,20,23). The number of carbonyl (C=O) groups excluding carboxylic acids is 2. The van der Waals surface area contributed by atoms with Gasteiger partial charge in [0.05, 0.1) is 33.4 Å². The zero-order chi connectivity index (χ0) is 19.1. The number of hydrogen-bond donors (Lipinski definition) is 2. The van der Waals surface area contributed by atoms with E-state index >= 15 is 0 Å². The van der Waals surface area contributed by atoms with Crippen LogP contribution >= 0.6 is 11.8 Å². The third-order valence-electron chi connectivity index (χ3n) is 3.39. The summed E-state index contributed by atoms with van der Waals surface area (Å²) in [5, 5.41) is 15.9. The average molecular weight is 377 g/mol. The van der Waals surface area contributed by atoms with E-state index in [0.717, 1.165) is 11.8 Å². The fourth-order valence-electron chi connectivity index (χ4n) is 2.13. The van der Waals surface area contributed by atoms with Crippen molar-refractivity contribution in [3.8, 4) is 0 Å². The van der Waals surface area contributed by atoms with Gasteiger partial charge in [-0.15, -0.1) is 11.8 Å². The Kier molecular flexibility index (Phi) is 6.67. The highest BCUT2D eigenvalue weighted by atomic mass is 32.2. The summed E-state index contributed by atoms with van der Waals surface area (Å²) in [6.45, 7) is 1.54. The van der Waals surface area contributed by atoms with E-state index in [2.05, 4.69) is 10.6 Å². The van der Waals surface area contributed by atoms with Gasteiger partial charge in [0.1, 0.15) is 5.82 Å². The van der Waals surface area contributed by atoms with Crippen LogP contribution in [0.3, 0.4) is 0 Å². The number of nitro groups is 1. The summed E-state index contributed by atoms with van der Waals surface area (Å²) in [6, 6.07) is 10.2. The molecule has 0 aliphatic heterocycles. The maximum absolute atomic E-state index is 13.4. The summed E-state index contributed by atoms with van der Waals surface area (Å²) in [5.41, 5.74) is 0.697. The molecule has 0 spiro atoms. The molecule has 2 amide bonds. The predicted molar refractivity (Wildman–Crippen MR) is 98.8 cm³/mol. The van der Waals surface area contributed by atoms with E-state index in [9.17, 15) is 24.1 Å². The van der Waals surface area contributed by atoms with Crippen molar-refractivity contribution in [1.82, 2.24) is 0 Å². The van der Waals surface area contributed by atoms with Crippen molar-refractivity contribution in [2.45, 2.75) is 6.92 Å². The molecular formula is C17H16FN3O4S. The first kappa shape index (κ1) is 19.4. The maximum Gasteiger partial charge on any atom is 0.274 e. The molecule has 0 saturated heterocycles. The Balaban J connectivity index is 1.82. The summed E-state index contributed by atoms with van der Waals surface area (Å²) in [6.07, 6.45) is 0. The Labute approximate surface area is 153 Å². The highest BCUT2D eigenvalue weighted by molar-refractivity contribution is 8.00. The number of benzene rings is 2. The second kappa shape index (κ2) is 8.95. The zero-order valence-electron chi connectivity index (χ0n) is 13.8. The topological polar surface area (TPSA) is 101 Å². The molecule has 136 valence electrons. The largest absolute Gasteiger partial charge is 0.325 e. The quantitative estimate of drug-likeness (QED) is 0.569. The van der Waals surface area contributed by atoms with Crippen LogP contribution in [0.15, 0.2) is 42.5 Å². The Hall–Kier alpha value is -2.94. The number of rotatable bonds is 7. The summed E-state index contributed by atoms with van der Waals surface area (Å²) < 4.78 is 13.4. The minimum atomic E-state index is -0.537. The highest BCUT2D eigenvalue weighted by Gasteiger charge is 2.15. The fraction of sp³-hybridized carbons (Fsp3) is 0.176. The molecule has 9 heteroatoms. The van der Waals surface area contributed by atoms with Crippen LogP contribution in [0, 0.1) is 22.9 Å². The SMILES string of the molecule is Cc1c(NC(=O)CSCC(=O)Nc2ccccc2F)cccc1[N+](=O)[O-]. The lowest BCUT2D eigenvalue weighted by Gasteiger charge is -2.09. The van der Waals surface area contributed by atoms with E-state index in [1.807, 2.05) is 0 Å². The molecule has 0 unspecified atom stereocenters. The molecule has 2 rings (SSSR count). The molecule has 0 aliphatic carbocycles. The molecule has 0 aromatic heterocycles. The van der Waals surface area contributed by atoms with Gasteiger partial charge in [-0.05, 0) is 25.1 Å². The van der Waals surface area contributed by atoms with E-state index in [4.69, 9.17) is 0 Å². The molecular weight excluding hydrogens is 361 g/mol. The molecule has 0 radical (unpaired) electrons.